The predicted octanol–water partition coefficient (Wildman–Crippen LogP) is -0.168. The first-order chi connectivity index (χ1) is 8.22. The normalized spacial score (nSPS) is 10.1. The molecule has 2 N–H and O–H groups in total. The minimum atomic E-state index is -1.60. The van der Waals surface area contributed by atoms with Gasteiger partial charge in [-0.3, -0.25) is 0 Å². The molecule has 2 rings (SSSR count). The molecular formula is C11H11BN2O3. The van der Waals surface area contributed by atoms with Crippen LogP contribution in [-0.4, -0.2) is 34.2 Å². The van der Waals surface area contributed by atoms with Gasteiger partial charge in [0.25, 0.3) is 0 Å². The van der Waals surface area contributed by atoms with Gasteiger partial charge in [-0.1, -0.05) is 12.1 Å². The lowest BCUT2D eigenvalue weighted by molar-refractivity contribution is 0.415. The quantitative estimate of drug-likeness (QED) is 0.716. The number of hydrogen-bond acceptors (Lipinski definition) is 5. The molecule has 1 heterocycles. The van der Waals surface area contributed by atoms with Crippen LogP contribution in [0.4, 0.5) is 0 Å². The molecule has 6 heteroatoms. The summed E-state index contributed by atoms with van der Waals surface area (Å²) in [4.78, 5) is 7.83. The van der Waals surface area contributed by atoms with Crippen LogP contribution in [0.25, 0.3) is 11.3 Å². The average molecular weight is 230 g/mol. The fourth-order valence-electron chi connectivity index (χ4n) is 1.54. The van der Waals surface area contributed by atoms with Crippen molar-refractivity contribution in [3.63, 3.8) is 0 Å². The van der Waals surface area contributed by atoms with Crippen LogP contribution >= 0.6 is 0 Å². The molecule has 86 valence electrons. The third-order valence-corrected chi connectivity index (χ3v) is 2.36. The van der Waals surface area contributed by atoms with Crippen molar-refractivity contribution in [2.24, 2.45) is 0 Å². The Kier molecular flexibility index (Phi) is 3.36. The molecule has 0 bridgehead atoms. The van der Waals surface area contributed by atoms with Gasteiger partial charge in [0.2, 0.25) is 0 Å². The zero-order chi connectivity index (χ0) is 12.3. The van der Waals surface area contributed by atoms with Crippen molar-refractivity contribution in [2.45, 2.75) is 0 Å². The average Bonchev–Trinajstić information content (AvgIpc) is 2.39. The van der Waals surface area contributed by atoms with Crippen molar-refractivity contribution in [2.75, 3.05) is 7.11 Å². The van der Waals surface area contributed by atoms with Crippen molar-refractivity contribution < 1.29 is 14.8 Å². The van der Waals surface area contributed by atoms with E-state index in [2.05, 4.69) is 9.97 Å². The molecule has 0 spiro atoms. The van der Waals surface area contributed by atoms with Crippen LogP contribution in [0.3, 0.4) is 0 Å². The first-order valence-electron chi connectivity index (χ1n) is 5.03. The Morgan fingerprint density at radius 2 is 2.12 bits per heavy atom. The Morgan fingerprint density at radius 1 is 1.29 bits per heavy atom. The maximum atomic E-state index is 9.24. The molecule has 0 saturated heterocycles. The molecule has 0 amide bonds. The lowest BCUT2D eigenvalue weighted by Gasteiger charge is -2.08. The van der Waals surface area contributed by atoms with Gasteiger partial charge in [0, 0.05) is 17.2 Å². The maximum absolute atomic E-state index is 9.24. The van der Waals surface area contributed by atoms with E-state index in [1.165, 1.54) is 12.5 Å². The molecule has 5 nitrogen and oxygen atoms in total. The van der Waals surface area contributed by atoms with E-state index in [-0.39, 0.29) is 5.46 Å². The Bertz CT molecular complexity index is 520. The van der Waals surface area contributed by atoms with Gasteiger partial charge in [0.05, 0.1) is 12.8 Å². The largest absolute Gasteiger partial charge is 0.497 e. The summed E-state index contributed by atoms with van der Waals surface area (Å²) >= 11 is 0. The van der Waals surface area contributed by atoms with Gasteiger partial charge in [-0.15, -0.1) is 0 Å². The van der Waals surface area contributed by atoms with E-state index in [9.17, 15) is 10.0 Å². The number of aromatic nitrogens is 2. The predicted molar refractivity (Wildman–Crippen MR) is 63.8 cm³/mol. The lowest BCUT2D eigenvalue weighted by Crippen LogP contribution is -2.32. The Balaban J connectivity index is 2.52. The molecule has 0 atom stereocenters. The van der Waals surface area contributed by atoms with Crippen LogP contribution in [0, 0.1) is 0 Å². The molecule has 1 aromatic carbocycles. The second-order valence-electron chi connectivity index (χ2n) is 3.43. The Labute approximate surface area is 98.9 Å². The fourth-order valence-corrected chi connectivity index (χ4v) is 1.54. The molecule has 0 aliphatic heterocycles. The van der Waals surface area contributed by atoms with E-state index in [1.807, 2.05) is 12.1 Å². The number of ether oxygens (including phenoxy) is 1. The molecule has 0 fully saturated rings. The van der Waals surface area contributed by atoms with E-state index in [0.717, 1.165) is 5.56 Å². The second kappa shape index (κ2) is 4.94. The van der Waals surface area contributed by atoms with Crippen molar-refractivity contribution in [3.05, 3.63) is 36.8 Å². The second-order valence-corrected chi connectivity index (χ2v) is 3.43. The lowest BCUT2D eigenvalue weighted by atomic mass is 9.78. The van der Waals surface area contributed by atoms with Crippen molar-refractivity contribution in [3.8, 4) is 17.0 Å². The van der Waals surface area contributed by atoms with Gasteiger partial charge < -0.3 is 14.8 Å². The van der Waals surface area contributed by atoms with Gasteiger partial charge >= 0.3 is 7.12 Å². The number of hydrogen-bond donors (Lipinski definition) is 2. The summed E-state index contributed by atoms with van der Waals surface area (Å²) in [5.74, 6) is 0.680. The van der Waals surface area contributed by atoms with Crippen LogP contribution in [0.2, 0.25) is 0 Å². The zero-order valence-corrected chi connectivity index (χ0v) is 9.24. The monoisotopic (exact) mass is 230 g/mol. The first kappa shape index (κ1) is 11.6. The highest BCUT2D eigenvalue weighted by Gasteiger charge is 2.18. The molecule has 0 saturated carbocycles. The van der Waals surface area contributed by atoms with Gasteiger partial charge in [0.1, 0.15) is 12.1 Å². The number of benzene rings is 1. The number of rotatable bonds is 3. The van der Waals surface area contributed by atoms with Gasteiger partial charge in [-0.25, -0.2) is 9.97 Å². The minimum Gasteiger partial charge on any atom is -0.497 e. The summed E-state index contributed by atoms with van der Waals surface area (Å²) in [6.45, 7) is 0. The SMILES string of the molecule is COc1cccc(-c2ncncc2B(O)O)c1. The number of nitrogens with zero attached hydrogens (tertiary/aromatic N) is 2. The van der Waals surface area contributed by atoms with E-state index >= 15 is 0 Å². The summed E-state index contributed by atoms with van der Waals surface area (Å²) < 4.78 is 5.11. The van der Waals surface area contributed by atoms with E-state index < -0.39 is 7.12 Å². The van der Waals surface area contributed by atoms with Gasteiger partial charge in [-0.05, 0) is 12.1 Å². The van der Waals surface area contributed by atoms with Crippen LogP contribution < -0.4 is 10.2 Å². The third kappa shape index (κ3) is 2.43. The Hall–Kier alpha value is -1.92. The zero-order valence-electron chi connectivity index (χ0n) is 9.24. The van der Waals surface area contributed by atoms with Crippen molar-refractivity contribution in [1.29, 1.82) is 0 Å². The Morgan fingerprint density at radius 3 is 2.82 bits per heavy atom. The smallest absolute Gasteiger partial charge is 0.492 e. The van der Waals surface area contributed by atoms with Crippen LogP contribution in [0.15, 0.2) is 36.8 Å². The van der Waals surface area contributed by atoms with Crippen LogP contribution in [0.1, 0.15) is 0 Å². The molecule has 1 aromatic heterocycles. The van der Waals surface area contributed by atoms with E-state index in [0.29, 0.717) is 11.4 Å². The highest BCUT2D eigenvalue weighted by Crippen LogP contribution is 2.20. The summed E-state index contributed by atoms with van der Waals surface area (Å²) in [6.07, 6.45) is 2.74. The minimum absolute atomic E-state index is 0.265. The summed E-state index contributed by atoms with van der Waals surface area (Å²) in [6, 6.07) is 7.20. The molecule has 0 aliphatic rings. The topological polar surface area (TPSA) is 75.5 Å². The summed E-state index contributed by atoms with van der Waals surface area (Å²) in [7, 11) is -0.0293. The summed E-state index contributed by atoms with van der Waals surface area (Å²) in [5.41, 5.74) is 1.49. The third-order valence-electron chi connectivity index (χ3n) is 2.36. The highest BCUT2D eigenvalue weighted by atomic mass is 16.5. The molecule has 0 unspecified atom stereocenters. The highest BCUT2D eigenvalue weighted by molar-refractivity contribution is 6.60. The molecular weight excluding hydrogens is 219 g/mol. The maximum Gasteiger partial charge on any atom is 0.492 e. The van der Waals surface area contributed by atoms with Crippen LogP contribution in [0.5, 0.6) is 5.75 Å². The van der Waals surface area contributed by atoms with Crippen molar-refractivity contribution in [1.82, 2.24) is 9.97 Å². The molecule has 17 heavy (non-hydrogen) atoms. The van der Waals surface area contributed by atoms with Crippen LogP contribution in [-0.2, 0) is 0 Å². The van der Waals surface area contributed by atoms with Gasteiger partial charge in [0.15, 0.2) is 0 Å². The van der Waals surface area contributed by atoms with E-state index in [1.54, 1.807) is 19.2 Å². The molecule has 0 radical (unpaired) electrons. The number of methoxy groups -OCH3 is 1. The molecule has 2 aromatic rings. The van der Waals surface area contributed by atoms with Crippen molar-refractivity contribution >= 4 is 12.6 Å². The van der Waals surface area contributed by atoms with E-state index in [4.69, 9.17) is 4.74 Å². The van der Waals surface area contributed by atoms with Gasteiger partial charge in [-0.2, -0.15) is 0 Å². The molecule has 0 aliphatic carbocycles. The first-order valence-corrected chi connectivity index (χ1v) is 5.03. The standard InChI is InChI=1S/C11H11BN2O3/c1-17-9-4-2-3-8(5-9)11-10(12(15)16)6-13-7-14-11/h2-7,15-16H,1H3. The fraction of sp³-hybridized carbons (Fsp3) is 0.0909. The summed E-state index contributed by atoms with van der Waals surface area (Å²) in [5, 5.41) is 18.5.